The van der Waals surface area contributed by atoms with Crippen molar-refractivity contribution in [1.82, 2.24) is 9.80 Å². The molecule has 4 nitrogen and oxygen atoms in total. The number of hydrogen-bond acceptors (Lipinski definition) is 2. The molecule has 2 unspecified atom stereocenters. The van der Waals surface area contributed by atoms with Crippen molar-refractivity contribution in [3.8, 4) is 0 Å². The van der Waals surface area contributed by atoms with Crippen LogP contribution in [0.25, 0.3) is 0 Å². The molecule has 0 aliphatic carbocycles. The molecule has 3 aromatic carbocycles. The summed E-state index contributed by atoms with van der Waals surface area (Å²) in [7, 11) is 0. The van der Waals surface area contributed by atoms with Crippen LogP contribution < -0.4 is 0 Å². The van der Waals surface area contributed by atoms with Gasteiger partial charge in [-0.25, -0.2) is 0 Å². The number of nitrogens with zero attached hydrogens (tertiary/aromatic N) is 2. The van der Waals surface area contributed by atoms with Crippen molar-refractivity contribution in [2.24, 2.45) is 0 Å². The van der Waals surface area contributed by atoms with Gasteiger partial charge < -0.3 is 9.80 Å². The maximum atomic E-state index is 13.2. The van der Waals surface area contributed by atoms with E-state index in [-0.39, 0.29) is 23.9 Å². The van der Waals surface area contributed by atoms with Gasteiger partial charge in [0.1, 0.15) is 0 Å². The van der Waals surface area contributed by atoms with Crippen LogP contribution in [-0.4, -0.2) is 34.7 Å². The fraction of sp³-hybridized carbons (Fsp3) is 0.286. The van der Waals surface area contributed by atoms with E-state index in [0.29, 0.717) is 11.1 Å². The molecule has 32 heavy (non-hydrogen) atoms. The summed E-state index contributed by atoms with van der Waals surface area (Å²) in [6.07, 6.45) is 4.00. The van der Waals surface area contributed by atoms with Crippen LogP contribution in [-0.2, 0) is 0 Å². The number of rotatable bonds is 4. The third-order valence-electron chi connectivity index (χ3n) is 6.77. The largest absolute Gasteiger partial charge is 0.332 e. The molecule has 4 heteroatoms. The average molecular weight is 425 g/mol. The molecule has 162 valence electrons. The molecule has 2 aliphatic heterocycles. The summed E-state index contributed by atoms with van der Waals surface area (Å²) in [5.41, 5.74) is 3.66. The normalized spacial score (nSPS) is 20.5. The molecule has 2 heterocycles. The quantitative estimate of drug-likeness (QED) is 0.544. The number of hydrogen-bond donors (Lipinski definition) is 0. The number of carbonyl (C=O) groups is 2. The van der Waals surface area contributed by atoms with E-state index in [1.807, 2.05) is 70.5 Å². The summed E-state index contributed by atoms with van der Waals surface area (Å²) < 4.78 is 0. The molecule has 2 fully saturated rings. The second-order valence-corrected chi connectivity index (χ2v) is 8.71. The topological polar surface area (TPSA) is 40.6 Å². The minimum absolute atomic E-state index is 0.0405. The van der Waals surface area contributed by atoms with E-state index >= 15 is 0 Å². The Morgan fingerprint density at radius 3 is 1.31 bits per heavy atom. The van der Waals surface area contributed by atoms with Crippen LogP contribution >= 0.6 is 0 Å². The zero-order valence-electron chi connectivity index (χ0n) is 18.2. The Morgan fingerprint density at radius 2 is 0.938 bits per heavy atom. The van der Waals surface area contributed by atoms with Crippen molar-refractivity contribution in [3.05, 3.63) is 107 Å². The molecule has 2 amide bonds. The highest BCUT2D eigenvalue weighted by Crippen LogP contribution is 2.34. The lowest BCUT2D eigenvalue weighted by Gasteiger charge is -2.26. The predicted molar refractivity (Wildman–Crippen MR) is 125 cm³/mol. The van der Waals surface area contributed by atoms with Crippen LogP contribution in [0.5, 0.6) is 0 Å². The second kappa shape index (κ2) is 8.99. The van der Waals surface area contributed by atoms with Gasteiger partial charge in [0.25, 0.3) is 11.8 Å². The summed E-state index contributed by atoms with van der Waals surface area (Å²) in [5.74, 6) is 0.0809. The van der Waals surface area contributed by atoms with Gasteiger partial charge in [0.2, 0.25) is 0 Å². The van der Waals surface area contributed by atoms with Gasteiger partial charge in [-0.3, -0.25) is 9.59 Å². The van der Waals surface area contributed by atoms with Gasteiger partial charge in [-0.2, -0.15) is 0 Å². The lowest BCUT2D eigenvalue weighted by molar-refractivity contribution is 0.0723. The summed E-state index contributed by atoms with van der Waals surface area (Å²) in [6.45, 7) is 1.54. The number of likely N-dealkylation sites (tertiary alicyclic amines) is 2. The molecule has 3 aromatic rings. The Kier molecular flexibility index (Phi) is 5.76. The lowest BCUT2D eigenvalue weighted by Crippen LogP contribution is -2.31. The van der Waals surface area contributed by atoms with Gasteiger partial charge in [-0.1, -0.05) is 60.7 Å². The van der Waals surface area contributed by atoms with Crippen LogP contribution in [0.1, 0.15) is 69.6 Å². The number of carbonyl (C=O) groups excluding carboxylic acids is 2. The van der Waals surface area contributed by atoms with Gasteiger partial charge in [0, 0.05) is 24.2 Å². The summed E-state index contributed by atoms with van der Waals surface area (Å²) in [4.78, 5) is 30.4. The van der Waals surface area contributed by atoms with Crippen molar-refractivity contribution >= 4 is 11.8 Å². The van der Waals surface area contributed by atoms with Crippen molar-refractivity contribution < 1.29 is 9.59 Å². The molecular weight excluding hydrogens is 396 g/mol. The highest BCUT2D eigenvalue weighted by Gasteiger charge is 2.32. The first-order chi connectivity index (χ1) is 15.7. The molecule has 0 N–H and O–H groups in total. The third-order valence-corrected chi connectivity index (χ3v) is 6.77. The van der Waals surface area contributed by atoms with Crippen molar-refractivity contribution in [2.75, 3.05) is 13.1 Å². The molecule has 0 radical (unpaired) electrons. The smallest absolute Gasteiger partial charge is 0.254 e. The Bertz CT molecular complexity index is 991. The van der Waals surface area contributed by atoms with Gasteiger partial charge in [-0.15, -0.1) is 0 Å². The summed E-state index contributed by atoms with van der Waals surface area (Å²) in [6, 6.07) is 28.0. The van der Waals surface area contributed by atoms with E-state index in [4.69, 9.17) is 0 Å². The molecule has 0 spiro atoms. The maximum Gasteiger partial charge on any atom is 0.254 e. The summed E-state index contributed by atoms with van der Waals surface area (Å²) in [5, 5.41) is 0. The Labute approximate surface area is 189 Å². The fourth-order valence-electron chi connectivity index (χ4n) is 5.15. The lowest BCUT2D eigenvalue weighted by atomic mass is 10.0. The van der Waals surface area contributed by atoms with E-state index in [2.05, 4.69) is 24.3 Å². The highest BCUT2D eigenvalue weighted by molar-refractivity contribution is 5.98. The SMILES string of the molecule is O=C(c1ccc(C(=O)N2CCCC2c2ccccc2)cc1)N1CCCC1c1ccccc1. The molecule has 2 saturated heterocycles. The monoisotopic (exact) mass is 424 g/mol. The van der Waals surface area contributed by atoms with Gasteiger partial charge in [0.05, 0.1) is 12.1 Å². The maximum absolute atomic E-state index is 13.2. The molecular formula is C28H28N2O2. The summed E-state index contributed by atoms with van der Waals surface area (Å²) >= 11 is 0. The highest BCUT2D eigenvalue weighted by atomic mass is 16.2. The average Bonchev–Trinajstić information content (AvgIpc) is 3.55. The van der Waals surface area contributed by atoms with E-state index in [0.717, 1.165) is 38.8 Å². The Morgan fingerprint density at radius 1 is 0.562 bits per heavy atom. The molecule has 0 saturated carbocycles. The first-order valence-electron chi connectivity index (χ1n) is 11.5. The van der Waals surface area contributed by atoms with Crippen molar-refractivity contribution in [3.63, 3.8) is 0 Å². The minimum Gasteiger partial charge on any atom is -0.332 e. The molecule has 2 atom stereocenters. The van der Waals surface area contributed by atoms with Crippen LogP contribution in [0.15, 0.2) is 84.9 Å². The number of amides is 2. The molecule has 0 bridgehead atoms. The van der Waals surface area contributed by atoms with Crippen LogP contribution in [0.2, 0.25) is 0 Å². The van der Waals surface area contributed by atoms with E-state index < -0.39 is 0 Å². The van der Waals surface area contributed by atoms with Crippen molar-refractivity contribution in [1.29, 1.82) is 0 Å². The molecule has 0 aromatic heterocycles. The predicted octanol–water partition coefficient (Wildman–Crippen LogP) is 5.64. The van der Waals surface area contributed by atoms with E-state index in [1.165, 1.54) is 11.1 Å². The van der Waals surface area contributed by atoms with E-state index in [9.17, 15) is 9.59 Å². The van der Waals surface area contributed by atoms with Gasteiger partial charge >= 0.3 is 0 Å². The third kappa shape index (κ3) is 3.93. The first-order valence-corrected chi connectivity index (χ1v) is 11.5. The standard InChI is InChI=1S/C28H28N2O2/c31-27(29-19-7-13-25(29)21-9-3-1-4-10-21)23-15-17-24(18-16-23)28(32)30-20-8-14-26(30)22-11-5-2-6-12-22/h1-6,9-12,15-18,25-26H,7-8,13-14,19-20H2. The van der Waals surface area contributed by atoms with Crippen LogP contribution in [0.4, 0.5) is 0 Å². The fourth-order valence-corrected chi connectivity index (χ4v) is 5.15. The Hall–Kier alpha value is -3.40. The van der Waals surface area contributed by atoms with Crippen LogP contribution in [0.3, 0.4) is 0 Å². The van der Waals surface area contributed by atoms with E-state index in [1.54, 1.807) is 0 Å². The minimum atomic E-state index is 0.0405. The van der Waals surface area contributed by atoms with Crippen LogP contribution in [0, 0.1) is 0 Å². The zero-order valence-corrected chi connectivity index (χ0v) is 18.2. The Balaban J connectivity index is 1.32. The second-order valence-electron chi connectivity index (χ2n) is 8.71. The molecule has 2 aliphatic rings. The number of benzene rings is 3. The van der Waals surface area contributed by atoms with Gasteiger partial charge in [-0.05, 0) is 61.1 Å². The first kappa shape index (κ1) is 20.5. The molecule has 5 rings (SSSR count). The van der Waals surface area contributed by atoms with Gasteiger partial charge in [0.15, 0.2) is 0 Å². The zero-order chi connectivity index (χ0) is 21.9. The van der Waals surface area contributed by atoms with Crippen molar-refractivity contribution in [2.45, 2.75) is 37.8 Å².